The number of ether oxygens (including phenoxy) is 1. The van der Waals surface area contributed by atoms with E-state index in [-0.39, 0.29) is 24.1 Å². The van der Waals surface area contributed by atoms with E-state index < -0.39 is 5.82 Å². The van der Waals surface area contributed by atoms with Crippen molar-refractivity contribution >= 4 is 18.3 Å². The second kappa shape index (κ2) is 8.72. The lowest BCUT2D eigenvalue weighted by atomic mass is 10.2. The lowest BCUT2D eigenvalue weighted by Crippen LogP contribution is -2.31. The van der Waals surface area contributed by atoms with Crippen molar-refractivity contribution in [3.05, 3.63) is 29.6 Å². The molecule has 0 saturated carbocycles. The average molecular weight is 277 g/mol. The fourth-order valence-corrected chi connectivity index (χ4v) is 1.34. The van der Waals surface area contributed by atoms with Gasteiger partial charge in [0.2, 0.25) is 0 Å². The SMILES string of the molecule is CCNCCNC(=O)c1ccc(F)c(OC)c1.Cl. The van der Waals surface area contributed by atoms with Crippen LogP contribution in [0.2, 0.25) is 0 Å². The first-order chi connectivity index (χ1) is 8.19. The molecule has 1 rings (SSSR count). The predicted molar refractivity (Wildman–Crippen MR) is 71.1 cm³/mol. The van der Waals surface area contributed by atoms with Crippen molar-refractivity contribution in [1.29, 1.82) is 0 Å². The van der Waals surface area contributed by atoms with E-state index in [1.165, 1.54) is 25.3 Å². The summed E-state index contributed by atoms with van der Waals surface area (Å²) in [6, 6.07) is 4.04. The first-order valence-electron chi connectivity index (χ1n) is 5.51. The van der Waals surface area contributed by atoms with E-state index in [0.717, 1.165) is 6.54 Å². The number of amides is 1. The number of hydrogen-bond acceptors (Lipinski definition) is 3. The number of halogens is 2. The smallest absolute Gasteiger partial charge is 0.251 e. The molecule has 0 fully saturated rings. The summed E-state index contributed by atoms with van der Waals surface area (Å²) in [5.41, 5.74) is 0.389. The van der Waals surface area contributed by atoms with Gasteiger partial charge in [0.1, 0.15) is 0 Å². The van der Waals surface area contributed by atoms with E-state index >= 15 is 0 Å². The molecule has 2 N–H and O–H groups in total. The van der Waals surface area contributed by atoms with Crippen LogP contribution in [-0.4, -0.2) is 32.7 Å². The standard InChI is InChI=1S/C12H17FN2O2.ClH/c1-3-14-6-7-15-12(16)9-4-5-10(13)11(8-9)17-2;/h4-5,8,14H,3,6-7H2,1-2H3,(H,15,16);1H. The van der Waals surface area contributed by atoms with Crippen molar-refractivity contribution in [3.8, 4) is 5.75 Å². The van der Waals surface area contributed by atoms with E-state index in [9.17, 15) is 9.18 Å². The minimum absolute atomic E-state index is 0. The first kappa shape index (κ1) is 16.7. The van der Waals surface area contributed by atoms with Crippen molar-refractivity contribution in [2.75, 3.05) is 26.7 Å². The summed E-state index contributed by atoms with van der Waals surface area (Å²) >= 11 is 0. The van der Waals surface area contributed by atoms with Crippen LogP contribution in [0.5, 0.6) is 5.75 Å². The van der Waals surface area contributed by atoms with Crippen molar-refractivity contribution in [2.45, 2.75) is 6.92 Å². The highest BCUT2D eigenvalue weighted by Gasteiger charge is 2.09. The molecule has 1 aromatic rings. The molecule has 0 aliphatic heterocycles. The van der Waals surface area contributed by atoms with Crippen LogP contribution in [0.3, 0.4) is 0 Å². The highest BCUT2D eigenvalue weighted by atomic mass is 35.5. The summed E-state index contributed by atoms with van der Waals surface area (Å²) in [5, 5.41) is 5.81. The minimum atomic E-state index is -0.475. The lowest BCUT2D eigenvalue weighted by molar-refractivity contribution is 0.0953. The third-order valence-corrected chi connectivity index (χ3v) is 2.25. The minimum Gasteiger partial charge on any atom is -0.494 e. The van der Waals surface area contributed by atoms with Gasteiger partial charge in [-0.2, -0.15) is 0 Å². The Morgan fingerprint density at radius 2 is 2.11 bits per heavy atom. The van der Waals surface area contributed by atoms with Gasteiger partial charge in [0, 0.05) is 18.7 Å². The van der Waals surface area contributed by atoms with Crippen LogP contribution in [0.15, 0.2) is 18.2 Å². The van der Waals surface area contributed by atoms with Crippen LogP contribution in [0.1, 0.15) is 17.3 Å². The Bertz CT molecular complexity index is 388. The maximum Gasteiger partial charge on any atom is 0.251 e. The van der Waals surface area contributed by atoms with Gasteiger partial charge in [-0.05, 0) is 24.7 Å². The average Bonchev–Trinajstić information content (AvgIpc) is 2.35. The molecule has 1 amide bonds. The zero-order chi connectivity index (χ0) is 12.7. The Labute approximate surface area is 112 Å². The van der Waals surface area contributed by atoms with Gasteiger partial charge in [0.15, 0.2) is 11.6 Å². The molecular formula is C12H18ClFN2O2. The predicted octanol–water partition coefficient (Wildman–Crippen LogP) is 1.60. The first-order valence-corrected chi connectivity index (χ1v) is 5.51. The molecule has 0 aliphatic rings. The molecule has 0 radical (unpaired) electrons. The Kier molecular flexibility index (Phi) is 8.07. The molecule has 4 nitrogen and oxygen atoms in total. The Morgan fingerprint density at radius 1 is 1.39 bits per heavy atom. The number of benzene rings is 1. The highest BCUT2D eigenvalue weighted by Crippen LogP contribution is 2.17. The van der Waals surface area contributed by atoms with Crippen molar-refractivity contribution in [1.82, 2.24) is 10.6 Å². The van der Waals surface area contributed by atoms with Gasteiger partial charge in [-0.15, -0.1) is 12.4 Å². The number of nitrogens with one attached hydrogen (secondary N) is 2. The van der Waals surface area contributed by atoms with Crippen molar-refractivity contribution < 1.29 is 13.9 Å². The summed E-state index contributed by atoms with van der Waals surface area (Å²) in [4.78, 5) is 11.7. The third kappa shape index (κ3) is 4.89. The van der Waals surface area contributed by atoms with Crippen LogP contribution in [0.4, 0.5) is 4.39 Å². The van der Waals surface area contributed by atoms with Crippen LogP contribution in [0.25, 0.3) is 0 Å². The second-order valence-electron chi connectivity index (χ2n) is 3.46. The van der Waals surface area contributed by atoms with Gasteiger partial charge in [-0.25, -0.2) is 4.39 Å². The zero-order valence-corrected chi connectivity index (χ0v) is 11.3. The van der Waals surface area contributed by atoms with E-state index in [2.05, 4.69) is 10.6 Å². The van der Waals surface area contributed by atoms with Gasteiger partial charge < -0.3 is 15.4 Å². The number of methoxy groups -OCH3 is 1. The molecule has 0 heterocycles. The fraction of sp³-hybridized carbons (Fsp3) is 0.417. The molecule has 18 heavy (non-hydrogen) atoms. The monoisotopic (exact) mass is 276 g/mol. The Hall–Kier alpha value is -1.33. The molecule has 1 aromatic carbocycles. The maximum atomic E-state index is 13.1. The molecule has 6 heteroatoms. The van der Waals surface area contributed by atoms with Crippen LogP contribution >= 0.6 is 12.4 Å². The van der Waals surface area contributed by atoms with Gasteiger partial charge in [0.05, 0.1) is 7.11 Å². The van der Waals surface area contributed by atoms with Crippen LogP contribution in [-0.2, 0) is 0 Å². The van der Waals surface area contributed by atoms with E-state index in [1.54, 1.807) is 0 Å². The Morgan fingerprint density at radius 3 is 2.72 bits per heavy atom. The number of rotatable bonds is 6. The number of carbonyl (C=O) groups is 1. The van der Waals surface area contributed by atoms with E-state index in [4.69, 9.17) is 4.74 Å². The van der Waals surface area contributed by atoms with Gasteiger partial charge in [-0.1, -0.05) is 6.92 Å². The summed E-state index contributed by atoms with van der Waals surface area (Å²) in [6.07, 6.45) is 0. The zero-order valence-electron chi connectivity index (χ0n) is 10.5. The van der Waals surface area contributed by atoms with Gasteiger partial charge in [-0.3, -0.25) is 4.79 Å². The third-order valence-electron chi connectivity index (χ3n) is 2.25. The summed E-state index contributed by atoms with van der Waals surface area (Å²) < 4.78 is 17.9. The quantitative estimate of drug-likeness (QED) is 0.776. The molecule has 102 valence electrons. The largest absolute Gasteiger partial charge is 0.494 e. The summed E-state index contributed by atoms with van der Waals surface area (Å²) in [5.74, 6) is -0.637. The van der Waals surface area contributed by atoms with E-state index in [0.29, 0.717) is 18.7 Å². The highest BCUT2D eigenvalue weighted by molar-refractivity contribution is 5.94. The molecule has 0 aromatic heterocycles. The van der Waals surface area contributed by atoms with Crippen LogP contribution < -0.4 is 15.4 Å². The van der Waals surface area contributed by atoms with Crippen LogP contribution in [0, 0.1) is 5.82 Å². The molecule has 0 bridgehead atoms. The molecule has 0 spiro atoms. The maximum absolute atomic E-state index is 13.1. The molecule has 0 saturated heterocycles. The lowest BCUT2D eigenvalue weighted by Gasteiger charge is -2.07. The number of hydrogen-bond donors (Lipinski definition) is 2. The van der Waals surface area contributed by atoms with Crippen molar-refractivity contribution in [3.63, 3.8) is 0 Å². The van der Waals surface area contributed by atoms with Crippen molar-refractivity contribution in [2.24, 2.45) is 0 Å². The van der Waals surface area contributed by atoms with Gasteiger partial charge in [0.25, 0.3) is 5.91 Å². The Balaban J connectivity index is 0.00000289. The van der Waals surface area contributed by atoms with E-state index in [1.807, 2.05) is 6.92 Å². The second-order valence-corrected chi connectivity index (χ2v) is 3.46. The fourth-order valence-electron chi connectivity index (χ4n) is 1.34. The normalized spacial score (nSPS) is 9.50. The molecular weight excluding hydrogens is 259 g/mol. The molecule has 0 atom stereocenters. The summed E-state index contributed by atoms with van der Waals surface area (Å²) in [6.45, 7) is 4.10. The number of likely N-dealkylation sites (N-methyl/N-ethyl adjacent to an activating group) is 1. The van der Waals surface area contributed by atoms with Gasteiger partial charge >= 0.3 is 0 Å². The molecule has 0 aliphatic carbocycles. The number of carbonyl (C=O) groups excluding carboxylic acids is 1. The topological polar surface area (TPSA) is 50.4 Å². The molecule has 0 unspecified atom stereocenters. The summed E-state index contributed by atoms with van der Waals surface area (Å²) in [7, 11) is 1.37.